The van der Waals surface area contributed by atoms with Crippen LogP contribution >= 0.6 is 0 Å². The molecule has 0 fully saturated rings. The van der Waals surface area contributed by atoms with Crippen LogP contribution in [0.3, 0.4) is 0 Å². The average Bonchev–Trinajstić information content (AvgIpc) is 2.64. The van der Waals surface area contributed by atoms with Crippen molar-refractivity contribution >= 4 is 17.3 Å². The number of benzene rings is 2. The number of carbonyl (C=O) groups excluding carboxylic acids is 1. The Bertz CT molecular complexity index is 829. The molecule has 0 heterocycles. The lowest BCUT2D eigenvalue weighted by atomic mass is 10.1. The molecule has 2 aromatic rings. The maximum atomic E-state index is 12.7. The number of rotatable bonds is 8. The molecule has 2 rings (SSSR count). The molecule has 0 unspecified atom stereocenters. The highest BCUT2D eigenvalue weighted by atomic mass is 19.4. The minimum absolute atomic E-state index is 0.0687. The highest BCUT2D eigenvalue weighted by Crippen LogP contribution is 2.34. The summed E-state index contributed by atoms with van der Waals surface area (Å²) in [6, 6.07) is 11.0. The van der Waals surface area contributed by atoms with Crippen LogP contribution in [0.25, 0.3) is 0 Å². The Labute approximate surface area is 158 Å². The summed E-state index contributed by atoms with van der Waals surface area (Å²) in [7, 11) is 0. The largest absolute Gasteiger partial charge is 0.481 e. The van der Waals surface area contributed by atoms with Gasteiger partial charge in [0.05, 0.1) is 10.5 Å². The Morgan fingerprint density at radius 2 is 1.86 bits per heavy atom. The molecule has 0 aliphatic rings. The highest BCUT2D eigenvalue weighted by Gasteiger charge is 2.33. The molecule has 0 saturated heterocycles. The van der Waals surface area contributed by atoms with Crippen LogP contribution in [0.1, 0.15) is 12.5 Å². The van der Waals surface area contributed by atoms with Crippen molar-refractivity contribution in [3.8, 4) is 5.75 Å². The fourth-order valence-electron chi connectivity index (χ4n) is 2.29. The smallest absolute Gasteiger partial charge is 0.416 e. The van der Waals surface area contributed by atoms with E-state index >= 15 is 0 Å². The third-order valence-corrected chi connectivity index (χ3v) is 3.69. The fourth-order valence-corrected chi connectivity index (χ4v) is 2.29. The second-order valence-corrected chi connectivity index (χ2v) is 5.78. The minimum Gasteiger partial charge on any atom is -0.481 e. The first-order valence-electron chi connectivity index (χ1n) is 8.27. The topological polar surface area (TPSA) is 93.5 Å². The minimum atomic E-state index is -4.67. The molecule has 7 nitrogen and oxygen atoms in total. The van der Waals surface area contributed by atoms with Crippen molar-refractivity contribution in [1.29, 1.82) is 0 Å². The molecule has 0 spiro atoms. The molecule has 28 heavy (non-hydrogen) atoms. The van der Waals surface area contributed by atoms with Crippen LogP contribution < -0.4 is 15.4 Å². The molecule has 0 aromatic heterocycles. The second-order valence-electron chi connectivity index (χ2n) is 5.78. The van der Waals surface area contributed by atoms with Gasteiger partial charge in [-0.05, 0) is 31.2 Å². The number of hydrogen-bond acceptors (Lipinski definition) is 5. The quantitative estimate of drug-likeness (QED) is 0.403. The number of nitrogens with zero attached hydrogens (tertiary/aromatic N) is 1. The first kappa shape index (κ1) is 21.0. The molecule has 1 atom stereocenters. The summed E-state index contributed by atoms with van der Waals surface area (Å²) >= 11 is 0. The molecule has 0 bridgehead atoms. The van der Waals surface area contributed by atoms with Gasteiger partial charge >= 0.3 is 6.18 Å². The van der Waals surface area contributed by atoms with Crippen molar-refractivity contribution in [3.63, 3.8) is 0 Å². The number of ether oxygens (including phenoxy) is 1. The number of nitro groups is 1. The van der Waals surface area contributed by atoms with E-state index in [2.05, 4.69) is 10.6 Å². The summed E-state index contributed by atoms with van der Waals surface area (Å²) < 4.78 is 43.5. The van der Waals surface area contributed by atoms with Crippen LogP contribution in [0, 0.1) is 10.1 Å². The van der Waals surface area contributed by atoms with Crippen LogP contribution in [0.15, 0.2) is 48.5 Å². The molecule has 0 saturated carbocycles. The number of amides is 1. The van der Waals surface area contributed by atoms with Crippen molar-refractivity contribution < 1.29 is 27.6 Å². The highest BCUT2D eigenvalue weighted by molar-refractivity contribution is 5.80. The van der Waals surface area contributed by atoms with E-state index < -0.39 is 34.4 Å². The molecule has 150 valence electrons. The van der Waals surface area contributed by atoms with Gasteiger partial charge in [-0.25, -0.2) is 0 Å². The van der Waals surface area contributed by atoms with Crippen LogP contribution in [-0.2, 0) is 11.0 Å². The van der Waals surface area contributed by atoms with Crippen LogP contribution in [0.4, 0.5) is 24.5 Å². The van der Waals surface area contributed by atoms with Gasteiger partial charge < -0.3 is 15.4 Å². The van der Waals surface area contributed by atoms with Gasteiger partial charge in [-0.15, -0.1) is 0 Å². The van der Waals surface area contributed by atoms with E-state index in [1.807, 2.05) is 6.07 Å². The van der Waals surface area contributed by atoms with Gasteiger partial charge in [0.25, 0.3) is 11.6 Å². The molecule has 0 radical (unpaired) electrons. The number of anilines is 1. The Morgan fingerprint density at radius 3 is 2.46 bits per heavy atom. The van der Waals surface area contributed by atoms with Gasteiger partial charge in [0.2, 0.25) is 0 Å². The van der Waals surface area contributed by atoms with Crippen molar-refractivity contribution in [2.45, 2.75) is 19.2 Å². The molecule has 2 N–H and O–H groups in total. The third-order valence-electron chi connectivity index (χ3n) is 3.69. The van der Waals surface area contributed by atoms with Crippen LogP contribution in [0.2, 0.25) is 0 Å². The summed E-state index contributed by atoms with van der Waals surface area (Å²) in [5.74, 6) is 0.135. The molecule has 2 aromatic carbocycles. The Hall–Kier alpha value is -3.30. The van der Waals surface area contributed by atoms with E-state index in [0.29, 0.717) is 11.8 Å². The second kappa shape index (κ2) is 9.07. The number of halogens is 3. The number of nitro benzene ring substituents is 1. The normalized spacial score (nSPS) is 12.1. The molecule has 10 heteroatoms. The summed E-state index contributed by atoms with van der Waals surface area (Å²) in [6.45, 7) is 1.74. The lowest BCUT2D eigenvalue weighted by Gasteiger charge is -2.15. The van der Waals surface area contributed by atoms with E-state index in [4.69, 9.17) is 4.74 Å². The van der Waals surface area contributed by atoms with Gasteiger partial charge in [0.15, 0.2) is 6.10 Å². The Balaban J connectivity index is 1.87. The fraction of sp³-hybridized carbons (Fsp3) is 0.278. The lowest BCUT2D eigenvalue weighted by Crippen LogP contribution is -2.38. The Kier molecular flexibility index (Phi) is 6.80. The van der Waals surface area contributed by atoms with Gasteiger partial charge in [-0.3, -0.25) is 14.9 Å². The van der Waals surface area contributed by atoms with Gasteiger partial charge in [0, 0.05) is 19.2 Å². The number of nitrogens with one attached hydrogen (secondary N) is 2. The standard InChI is InChI=1S/C18H18F3N3O4/c1-12(28-14-5-3-2-4-6-14)17(25)23-10-9-22-15-8-7-13(18(19,20)21)11-16(15)24(26)27/h2-8,11-12,22H,9-10H2,1H3,(H,23,25)/t12-/m1/s1. The zero-order valence-electron chi connectivity index (χ0n) is 14.8. The molecule has 0 aliphatic carbocycles. The SMILES string of the molecule is C[C@@H](Oc1ccccc1)C(=O)NCCNc1ccc(C(F)(F)F)cc1[N+](=O)[O-]. The summed E-state index contributed by atoms with van der Waals surface area (Å²) in [6.07, 6.45) is -5.44. The maximum Gasteiger partial charge on any atom is 0.416 e. The van der Waals surface area contributed by atoms with Gasteiger partial charge in [-0.1, -0.05) is 18.2 Å². The van der Waals surface area contributed by atoms with Crippen molar-refractivity contribution in [1.82, 2.24) is 5.32 Å². The van der Waals surface area contributed by atoms with E-state index in [9.17, 15) is 28.1 Å². The van der Waals surface area contributed by atoms with Crippen molar-refractivity contribution in [2.75, 3.05) is 18.4 Å². The van der Waals surface area contributed by atoms with E-state index in [1.54, 1.807) is 31.2 Å². The number of hydrogen-bond donors (Lipinski definition) is 2. The third kappa shape index (κ3) is 5.86. The van der Waals surface area contributed by atoms with Crippen LogP contribution in [0.5, 0.6) is 5.75 Å². The van der Waals surface area contributed by atoms with Crippen LogP contribution in [-0.4, -0.2) is 30.0 Å². The Morgan fingerprint density at radius 1 is 1.18 bits per heavy atom. The summed E-state index contributed by atoms with van der Waals surface area (Å²) in [4.78, 5) is 22.1. The average molecular weight is 397 g/mol. The van der Waals surface area contributed by atoms with E-state index in [-0.39, 0.29) is 18.8 Å². The predicted molar refractivity (Wildman–Crippen MR) is 96.1 cm³/mol. The molecular formula is C18H18F3N3O4. The maximum absolute atomic E-state index is 12.7. The monoisotopic (exact) mass is 397 g/mol. The molecule has 1 amide bonds. The molecular weight excluding hydrogens is 379 g/mol. The zero-order chi connectivity index (χ0) is 20.7. The van der Waals surface area contributed by atoms with Gasteiger partial charge in [-0.2, -0.15) is 13.2 Å². The summed E-state index contributed by atoms with van der Waals surface area (Å²) in [5, 5.41) is 16.3. The number of para-hydroxylation sites is 1. The predicted octanol–water partition coefficient (Wildman–Crippen LogP) is 3.61. The first-order chi connectivity index (χ1) is 13.2. The first-order valence-corrected chi connectivity index (χ1v) is 8.27. The van der Waals surface area contributed by atoms with Crippen molar-refractivity contribution in [3.05, 3.63) is 64.2 Å². The van der Waals surface area contributed by atoms with E-state index in [0.717, 1.165) is 12.1 Å². The number of carbonyl (C=O) groups is 1. The zero-order valence-corrected chi connectivity index (χ0v) is 14.8. The van der Waals surface area contributed by atoms with Gasteiger partial charge in [0.1, 0.15) is 11.4 Å². The van der Waals surface area contributed by atoms with E-state index in [1.165, 1.54) is 0 Å². The molecule has 0 aliphatic heterocycles. The lowest BCUT2D eigenvalue weighted by molar-refractivity contribution is -0.384. The van der Waals surface area contributed by atoms with Crippen molar-refractivity contribution in [2.24, 2.45) is 0 Å². The number of alkyl halides is 3. The summed E-state index contributed by atoms with van der Waals surface area (Å²) in [5.41, 5.74) is -1.87.